The van der Waals surface area contributed by atoms with Gasteiger partial charge >= 0.3 is 0 Å². The fourth-order valence-corrected chi connectivity index (χ4v) is 2.48. The maximum atomic E-state index is 13.0. The molecule has 0 fully saturated rings. The summed E-state index contributed by atoms with van der Waals surface area (Å²) >= 11 is 15.2. The Kier molecular flexibility index (Phi) is 4.71. The van der Waals surface area contributed by atoms with Gasteiger partial charge in [-0.1, -0.05) is 29.3 Å². The van der Waals surface area contributed by atoms with Gasteiger partial charge in [0.25, 0.3) is 0 Å². The third-order valence-corrected chi connectivity index (χ3v) is 4.14. The van der Waals surface area contributed by atoms with Crippen LogP contribution in [-0.4, -0.2) is 0 Å². The van der Waals surface area contributed by atoms with Crippen molar-refractivity contribution in [2.45, 2.75) is 13.0 Å². The predicted molar refractivity (Wildman–Crippen MR) is 82.6 cm³/mol. The molecule has 1 atom stereocenters. The van der Waals surface area contributed by atoms with Gasteiger partial charge in [-0.15, -0.1) is 0 Å². The van der Waals surface area contributed by atoms with Crippen LogP contribution in [0.4, 0.5) is 10.1 Å². The third kappa shape index (κ3) is 3.62. The molecule has 0 saturated carbocycles. The van der Waals surface area contributed by atoms with Gasteiger partial charge in [0, 0.05) is 16.2 Å². The van der Waals surface area contributed by atoms with Crippen molar-refractivity contribution in [2.75, 3.05) is 5.32 Å². The lowest BCUT2D eigenvalue weighted by Crippen LogP contribution is -2.07. The monoisotopic (exact) mass is 361 g/mol. The lowest BCUT2D eigenvalue weighted by atomic mass is 10.1. The Morgan fingerprint density at radius 2 is 1.84 bits per heavy atom. The molecule has 100 valence electrons. The second-order valence-electron chi connectivity index (χ2n) is 4.16. The number of benzene rings is 2. The lowest BCUT2D eigenvalue weighted by Gasteiger charge is -2.17. The minimum Gasteiger partial charge on any atom is -0.378 e. The Morgan fingerprint density at radius 3 is 2.47 bits per heavy atom. The first-order chi connectivity index (χ1) is 8.97. The molecule has 0 radical (unpaired) electrons. The quantitative estimate of drug-likeness (QED) is 0.698. The van der Waals surface area contributed by atoms with Crippen LogP contribution in [0, 0.1) is 5.82 Å². The van der Waals surface area contributed by atoms with Gasteiger partial charge in [-0.25, -0.2) is 4.39 Å². The van der Waals surface area contributed by atoms with E-state index in [1.165, 1.54) is 12.1 Å². The van der Waals surface area contributed by atoms with E-state index in [1.54, 1.807) is 12.1 Å². The van der Waals surface area contributed by atoms with E-state index in [-0.39, 0.29) is 11.9 Å². The second-order valence-corrected chi connectivity index (χ2v) is 5.83. The van der Waals surface area contributed by atoms with Crippen molar-refractivity contribution in [3.8, 4) is 0 Å². The van der Waals surface area contributed by atoms with Crippen molar-refractivity contribution < 1.29 is 4.39 Å². The molecule has 19 heavy (non-hydrogen) atoms. The Hall–Kier alpha value is -0.770. The Labute approximate surface area is 129 Å². The first-order valence-electron chi connectivity index (χ1n) is 5.64. The zero-order valence-electron chi connectivity index (χ0n) is 10.1. The number of anilines is 1. The number of nitrogens with one attached hydrogen (secondary N) is 1. The molecule has 1 N–H and O–H groups in total. The van der Waals surface area contributed by atoms with Crippen molar-refractivity contribution in [1.82, 2.24) is 0 Å². The summed E-state index contributed by atoms with van der Waals surface area (Å²) in [6.07, 6.45) is 0. The van der Waals surface area contributed by atoms with Gasteiger partial charge in [-0.3, -0.25) is 0 Å². The molecular formula is C14H11BrCl2FN. The summed E-state index contributed by atoms with van der Waals surface area (Å²) in [6, 6.07) is 10.0. The fraction of sp³-hybridized carbons (Fsp3) is 0.143. The Bertz CT molecular complexity index is 604. The molecule has 0 bridgehead atoms. The van der Waals surface area contributed by atoms with Crippen molar-refractivity contribution in [3.63, 3.8) is 0 Å². The van der Waals surface area contributed by atoms with Crippen molar-refractivity contribution in [2.24, 2.45) is 0 Å². The van der Waals surface area contributed by atoms with E-state index >= 15 is 0 Å². The topological polar surface area (TPSA) is 12.0 Å². The van der Waals surface area contributed by atoms with Crippen LogP contribution in [-0.2, 0) is 0 Å². The summed E-state index contributed by atoms with van der Waals surface area (Å²) in [7, 11) is 0. The van der Waals surface area contributed by atoms with E-state index < -0.39 is 0 Å². The summed E-state index contributed by atoms with van der Waals surface area (Å²) < 4.78 is 13.7. The molecule has 0 aliphatic rings. The van der Waals surface area contributed by atoms with Crippen LogP contribution in [0.2, 0.25) is 10.0 Å². The first-order valence-corrected chi connectivity index (χ1v) is 7.19. The minimum absolute atomic E-state index is 0.0246. The van der Waals surface area contributed by atoms with Crippen LogP contribution in [0.25, 0.3) is 0 Å². The number of hydrogen-bond donors (Lipinski definition) is 1. The highest BCUT2D eigenvalue weighted by Gasteiger charge is 2.09. The fourth-order valence-electron chi connectivity index (χ4n) is 1.70. The summed E-state index contributed by atoms with van der Waals surface area (Å²) in [5, 5.41) is 4.33. The highest BCUT2D eigenvalue weighted by molar-refractivity contribution is 9.10. The van der Waals surface area contributed by atoms with E-state index in [4.69, 9.17) is 23.2 Å². The molecule has 0 saturated heterocycles. The van der Waals surface area contributed by atoms with E-state index in [1.807, 2.05) is 19.1 Å². The van der Waals surface area contributed by atoms with Crippen molar-refractivity contribution in [3.05, 3.63) is 62.3 Å². The van der Waals surface area contributed by atoms with Crippen LogP contribution >= 0.6 is 39.1 Å². The van der Waals surface area contributed by atoms with Gasteiger partial charge in [-0.05, 0) is 58.7 Å². The highest BCUT2D eigenvalue weighted by Crippen LogP contribution is 2.30. The molecule has 0 aliphatic carbocycles. The molecule has 2 rings (SSSR count). The predicted octanol–water partition coefficient (Wildman–Crippen LogP) is 6.07. The summed E-state index contributed by atoms with van der Waals surface area (Å²) in [5.41, 5.74) is 1.82. The van der Waals surface area contributed by atoms with Crippen LogP contribution in [0.1, 0.15) is 18.5 Å². The molecule has 0 heterocycles. The number of halogens is 4. The maximum Gasteiger partial charge on any atom is 0.124 e. The van der Waals surface area contributed by atoms with E-state index in [0.29, 0.717) is 14.5 Å². The first kappa shape index (κ1) is 14.6. The van der Waals surface area contributed by atoms with Crippen LogP contribution in [0.15, 0.2) is 40.9 Å². The SMILES string of the molecule is CC(Nc1ccc(F)cc1Br)c1ccc(Cl)c(Cl)c1. The van der Waals surface area contributed by atoms with Gasteiger partial charge < -0.3 is 5.32 Å². The zero-order valence-corrected chi connectivity index (χ0v) is 13.2. The Morgan fingerprint density at radius 1 is 1.11 bits per heavy atom. The molecule has 2 aromatic carbocycles. The van der Waals surface area contributed by atoms with Crippen molar-refractivity contribution in [1.29, 1.82) is 0 Å². The average molecular weight is 363 g/mol. The normalized spacial score (nSPS) is 12.3. The number of hydrogen-bond acceptors (Lipinski definition) is 1. The molecule has 5 heteroatoms. The number of rotatable bonds is 3. The molecule has 0 amide bonds. The molecular weight excluding hydrogens is 352 g/mol. The van der Waals surface area contributed by atoms with Crippen molar-refractivity contribution >= 4 is 44.8 Å². The van der Waals surface area contributed by atoms with Crippen LogP contribution < -0.4 is 5.32 Å². The summed E-state index contributed by atoms with van der Waals surface area (Å²) in [5.74, 6) is -0.278. The molecule has 0 spiro atoms. The molecule has 1 unspecified atom stereocenters. The van der Waals surface area contributed by atoms with Crippen LogP contribution in [0.3, 0.4) is 0 Å². The van der Waals surface area contributed by atoms with Gasteiger partial charge in [0.2, 0.25) is 0 Å². The van der Waals surface area contributed by atoms with Gasteiger partial charge in [0.05, 0.1) is 10.0 Å². The highest BCUT2D eigenvalue weighted by atomic mass is 79.9. The third-order valence-electron chi connectivity index (χ3n) is 2.75. The minimum atomic E-state index is -0.278. The lowest BCUT2D eigenvalue weighted by molar-refractivity contribution is 0.627. The largest absolute Gasteiger partial charge is 0.378 e. The van der Waals surface area contributed by atoms with E-state index in [0.717, 1.165) is 11.3 Å². The Balaban J connectivity index is 2.20. The molecule has 1 nitrogen and oxygen atoms in total. The zero-order chi connectivity index (χ0) is 14.0. The summed E-state index contributed by atoms with van der Waals surface area (Å²) in [6.45, 7) is 2.00. The average Bonchev–Trinajstić information content (AvgIpc) is 2.36. The van der Waals surface area contributed by atoms with E-state index in [9.17, 15) is 4.39 Å². The van der Waals surface area contributed by atoms with Gasteiger partial charge in [-0.2, -0.15) is 0 Å². The maximum absolute atomic E-state index is 13.0. The standard InChI is InChI=1S/C14H11BrCl2FN/c1-8(9-2-4-12(16)13(17)6-9)19-14-5-3-10(18)7-11(14)15/h2-8,19H,1H3. The molecule has 2 aromatic rings. The summed E-state index contributed by atoms with van der Waals surface area (Å²) in [4.78, 5) is 0. The smallest absolute Gasteiger partial charge is 0.124 e. The second kappa shape index (κ2) is 6.12. The van der Waals surface area contributed by atoms with E-state index in [2.05, 4.69) is 21.2 Å². The van der Waals surface area contributed by atoms with Crippen LogP contribution in [0.5, 0.6) is 0 Å². The van der Waals surface area contributed by atoms with Gasteiger partial charge in [0.15, 0.2) is 0 Å². The van der Waals surface area contributed by atoms with Gasteiger partial charge in [0.1, 0.15) is 5.82 Å². The molecule has 0 aromatic heterocycles. The molecule has 0 aliphatic heterocycles.